The second-order valence-corrected chi connectivity index (χ2v) is 5.99. The van der Waals surface area contributed by atoms with Gasteiger partial charge in [-0.1, -0.05) is 6.07 Å². The number of nitro groups is 1. The molecule has 0 spiro atoms. The lowest BCUT2D eigenvalue weighted by Gasteiger charge is -2.23. The van der Waals surface area contributed by atoms with Gasteiger partial charge in [-0.3, -0.25) is 10.1 Å². The first-order chi connectivity index (χ1) is 11.7. The molecule has 1 unspecified atom stereocenters. The molecule has 124 valence electrons. The number of aromatic nitrogens is 1. The molecule has 4 rings (SSSR count). The largest absolute Gasteiger partial charge is 0.486 e. The van der Waals surface area contributed by atoms with E-state index in [1.54, 1.807) is 12.3 Å². The molecule has 24 heavy (non-hydrogen) atoms. The highest BCUT2D eigenvalue weighted by molar-refractivity contribution is 5.57. The van der Waals surface area contributed by atoms with Crippen molar-refractivity contribution in [2.75, 3.05) is 18.5 Å². The Morgan fingerprint density at radius 3 is 2.75 bits per heavy atom. The van der Waals surface area contributed by atoms with Crippen LogP contribution in [0.3, 0.4) is 0 Å². The van der Waals surface area contributed by atoms with Crippen LogP contribution in [-0.2, 0) is 0 Å². The number of pyridine rings is 1. The van der Waals surface area contributed by atoms with E-state index in [0.29, 0.717) is 24.9 Å². The van der Waals surface area contributed by atoms with Crippen molar-refractivity contribution in [2.24, 2.45) is 5.92 Å². The molecule has 2 heterocycles. The van der Waals surface area contributed by atoms with Gasteiger partial charge in [0.1, 0.15) is 13.2 Å². The zero-order valence-electron chi connectivity index (χ0n) is 13.0. The van der Waals surface area contributed by atoms with E-state index in [2.05, 4.69) is 10.3 Å². The first-order valence-electron chi connectivity index (χ1n) is 7.98. The Balaban J connectivity index is 1.65. The monoisotopic (exact) mass is 327 g/mol. The third-order valence-corrected chi connectivity index (χ3v) is 4.29. The molecule has 7 heteroatoms. The molecule has 1 aliphatic heterocycles. The molecule has 1 saturated carbocycles. The number of nitrogens with zero attached hydrogens (tertiary/aromatic N) is 2. The third-order valence-electron chi connectivity index (χ3n) is 4.29. The normalized spacial score (nSPS) is 17.2. The van der Waals surface area contributed by atoms with Crippen LogP contribution in [0.15, 0.2) is 36.5 Å². The molecule has 1 aromatic carbocycles. The number of fused-ring (bicyclic) bond motifs is 1. The molecule has 7 nitrogen and oxygen atoms in total. The average Bonchev–Trinajstić information content (AvgIpc) is 3.44. The van der Waals surface area contributed by atoms with Crippen molar-refractivity contribution >= 4 is 11.5 Å². The van der Waals surface area contributed by atoms with Gasteiger partial charge in [0.25, 0.3) is 0 Å². The summed E-state index contributed by atoms with van der Waals surface area (Å²) in [7, 11) is 0. The molecule has 1 N–H and O–H groups in total. The minimum absolute atomic E-state index is 0.0132. The van der Waals surface area contributed by atoms with Crippen LogP contribution >= 0.6 is 0 Å². The predicted octanol–water partition coefficient (Wildman–Crippen LogP) is 3.32. The van der Waals surface area contributed by atoms with Crippen molar-refractivity contribution in [3.05, 3.63) is 52.2 Å². The van der Waals surface area contributed by atoms with E-state index in [1.165, 1.54) is 6.07 Å². The fourth-order valence-corrected chi connectivity index (χ4v) is 2.96. The number of benzene rings is 1. The summed E-state index contributed by atoms with van der Waals surface area (Å²) in [6, 6.07) is 8.84. The van der Waals surface area contributed by atoms with Crippen LogP contribution in [0, 0.1) is 16.0 Å². The van der Waals surface area contributed by atoms with E-state index in [4.69, 9.17) is 9.47 Å². The molecular weight excluding hydrogens is 310 g/mol. The summed E-state index contributed by atoms with van der Waals surface area (Å²) in [4.78, 5) is 14.9. The molecule has 0 amide bonds. The number of anilines is 1. The Labute approximate surface area is 138 Å². The van der Waals surface area contributed by atoms with E-state index < -0.39 is 4.92 Å². The number of nitrogens with one attached hydrogen (secondary N) is 1. The summed E-state index contributed by atoms with van der Waals surface area (Å²) < 4.78 is 11.2. The standard InChI is InChI=1S/C17H17N3O4/c21-20(22)13-2-1-7-18-17(13)19-16(11-3-4-11)12-5-6-14-15(10-12)24-9-8-23-14/h1-2,5-7,10-11,16H,3-4,8-9H2,(H,18,19). The average molecular weight is 327 g/mol. The number of hydrogen-bond acceptors (Lipinski definition) is 6. The maximum absolute atomic E-state index is 11.2. The highest BCUT2D eigenvalue weighted by Gasteiger charge is 2.34. The van der Waals surface area contributed by atoms with Gasteiger partial charge < -0.3 is 14.8 Å². The Morgan fingerprint density at radius 1 is 1.21 bits per heavy atom. The van der Waals surface area contributed by atoms with Gasteiger partial charge in [0.2, 0.25) is 5.82 Å². The molecular formula is C17H17N3O4. The van der Waals surface area contributed by atoms with Crippen molar-refractivity contribution in [1.82, 2.24) is 4.98 Å². The lowest BCUT2D eigenvalue weighted by atomic mass is 10.0. The van der Waals surface area contributed by atoms with Crippen LogP contribution in [-0.4, -0.2) is 23.1 Å². The molecule has 1 aromatic heterocycles. The van der Waals surface area contributed by atoms with Crippen LogP contribution in [0.2, 0.25) is 0 Å². The van der Waals surface area contributed by atoms with Gasteiger partial charge >= 0.3 is 5.69 Å². The lowest BCUT2D eigenvalue weighted by Crippen LogP contribution is -2.18. The zero-order valence-corrected chi connectivity index (χ0v) is 13.0. The minimum Gasteiger partial charge on any atom is -0.486 e. The Morgan fingerprint density at radius 2 is 2.00 bits per heavy atom. The molecule has 0 radical (unpaired) electrons. The third kappa shape index (κ3) is 2.84. The van der Waals surface area contributed by atoms with Gasteiger partial charge in [-0.05, 0) is 42.5 Å². The molecule has 1 fully saturated rings. The first kappa shape index (κ1) is 14.7. The van der Waals surface area contributed by atoms with Crippen molar-refractivity contribution in [2.45, 2.75) is 18.9 Å². The fraction of sp³-hybridized carbons (Fsp3) is 0.353. The van der Waals surface area contributed by atoms with E-state index >= 15 is 0 Å². The summed E-state index contributed by atoms with van der Waals surface area (Å²) >= 11 is 0. The van der Waals surface area contributed by atoms with Crippen molar-refractivity contribution in [3.63, 3.8) is 0 Å². The summed E-state index contributed by atoms with van der Waals surface area (Å²) in [6.07, 6.45) is 3.74. The zero-order chi connectivity index (χ0) is 16.5. The van der Waals surface area contributed by atoms with E-state index in [-0.39, 0.29) is 11.7 Å². The van der Waals surface area contributed by atoms with Crippen LogP contribution < -0.4 is 14.8 Å². The Hall–Kier alpha value is -2.83. The highest BCUT2D eigenvalue weighted by Crippen LogP contribution is 2.45. The maximum Gasteiger partial charge on any atom is 0.311 e. The first-order valence-corrected chi connectivity index (χ1v) is 7.98. The number of hydrogen-bond donors (Lipinski definition) is 1. The van der Waals surface area contributed by atoms with E-state index in [9.17, 15) is 10.1 Å². The van der Waals surface area contributed by atoms with Gasteiger partial charge in [0.05, 0.1) is 11.0 Å². The quantitative estimate of drug-likeness (QED) is 0.669. The molecule has 1 aliphatic carbocycles. The van der Waals surface area contributed by atoms with Crippen LogP contribution in [0.4, 0.5) is 11.5 Å². The maximum atomic E-state index is 11.2. The molecule has 0 bridgehead atoms. The van der Waals surface area contributed by atoms with Crippen LogP contribution in [0.1, 0.15) is 24.4 Å². The lowest BCUT2D eigenvalue weighted by molar-refractivity contribution is -0.384. The predicted molar refractivity (Wildman–Crippen MR) is 87.4 cm³/mol. The van der Waals surface area contributed by atoms with Gasteiger partial charge in [0, 0.05) is 12.3 Å². The fourth-order valence-electron chi connectivity index (χ4n) is 2.96. The summed E-state index contributed by atoms with van der Waals surface area (Å²) in [5, 5.41) is 14.5. The van der Waals surface area contributed by atoms with Gasteiger partial charge in [-0.15, -0.1) is 0 Å². The Kier molecular flexibility index (Phi) is 3.68. The number of rotatable bonds is 5. The van der Waals surface area contributed by atoms with Crippen LogP contribution in [0.25, 0.3) is 0 Å². The van der Waals surface area contributed by atoms with Gasteiger partial charge in [-0.2, -0.15) is 0 Å². The van der Waals surface area contributed by atoms with Crippen molar-refractivity contribution in [3.8, 4) is 11.5 Å². The van der Waals surface area contributed by atoms with Crippen molar-refractivity contribution < 1.29 is 14.4 Å². The minimum atomic E-state index is -0.414. The highest BCUT2D eigenvalue weighted by atomic mass is 16.6. The second kappa shape index (κ2) is 5.99. The summed E-state index contributed by atoms with van der Waals surface area (Å²) in [5.41, 5.74) is 1.02. The van der Waals surface area contributed by atoms with Crippen molar-refractivity contribution in [1.29, 1.82) is 0 Å². The van der Waals surface area contributed by atoms with Gasteiger partial charge in [0.15, 0.2) is 11.5 Å². The summed E-state index contributed by atoms with van der Waals surface area (Å²) in [6.45, 7) is 1.08. The smallest absolute Gasteiger partial charge is 0.311 e. The second-order valence-electron chi connectivity index (χ2n) is 5.99. The molecule has 1 atom stereocenters. The topological polar surface area (TPSA) is 86.5 Å². The van der Waals surface area contributed by atoms with Gasteiger partial charge in [-0.25, -0.2) is 4.98 Å². The van der Waals surface area contributed by atoms with E-state index in [0.717, 1.165) is 29.9 Å². The molecule has 2 aromatic rings. The SMILES string of the molecule is O=[N+]([O-])c1cccnc1NC(c1ccc2c(c1)OCCO2)C1CC1. The van der Waals surface area contributed by atoms with Crippen LogP contribution in [0.5, 0.6) is 11.5 Å². The van der Waals surface area contributed by atoms with E-state index in [1.807, 2.05) is 18.2 Å². The Bertz CT molecular complexity index is 776. The number of ether oxygens (including phenoxy) is 2. The molecule has 0 saturated heterocycles. The summed E-state index contributed by atoms with van der Waals surface area (Å²) in [5.74, 6) is 2.20. The molecule has 2 aliphatic rings.